The van der Waals surface area contributed by atoms with E-state index in [1.165, 1.54) is 11.3 Å². The summed E-state index contributed by atoms with van der Waals surface area (Å²) in [7, 11) is 1.57. The van der Waals surface area contributed by atoms with Crippen molar-refractivity contribution in [1.82, 2.24) is 4.98 Å². The monoisotopic (exact) mass is 345 g/mol. The topological polar surface area (TPSA) is 71.5 Å². The average molecular weight is 345 g/mol. The fourth-order valence-corrected chi connectivity index (χ4v) is 3.50. The Kier molecular flexibility index (Phi) is 4.80. The first-order chi connectivity index (χ1) is 11.6. The lowest BCUT2D eigenvalue weighted by atomic mass is 10.2. The number of benzene rings is 1. The van der Waals surface area contributed by atoms with Gasteiger partial charge in [-0.1, -0.05) is 6.07 Å². The second-order valence-corrected chi connectivity index (χ2v) is 6.54. The first kappa shape index (κ1) is 16.4. The first-order valence-electron chi connectivity index (χ1n) is 7.76. The molecule has 3 rings (SSSR count). The van der Waals surface area contributed by atoms with Crippen LogP contribution in [0.4, 0.5) is 10.8 Å². The van der Waals surface area contributed by atoms with Gasteiger partial charge < -0.3 is 10.1 Å². The average Bonchev–Trinajstić information content (AvgIpc) is 3.16. The highest BCUT2D eigenvalue weighted by Gasteiger charge is 2.24. The predicted octanol–water partition coefficient (Wildman–Crippen LogP) is 2.77. The molecule has 0 saturated carbocycles. The predicted molar refractivity (Wildman–Crippen MR) is 93.8 cm³/mol. The molecule has 2 heterocycles. The van der Waals surface area contributed by atoms with Gasteiger partial charge in [0, 0.05) is 18.3 Å². The Morgan fingerprint density at radius 1 is 1.46 bits per heavy atom. The van der Waals surface area contributed by atoms with Crippen LogP contribution in [0.5, 0.6) is 5.75 Å². The van der Waals surface area contributed by atoms with Crippen molar-refractivity contribution in [2.45, 2.75) is 26.2 Å². The third kappa shape index (κ3) is 3.56. The van der Waals surface area contributed by atoms with Crippen LogP contribution in [0.15, 0.2) is 23.6 Å². The molecule has 0 bridgehead atoms. The summed E-state index contributed by atoms with van der Waals surface area (Å²) < 4.78 is 5.26. The van der Waals surface area contributed by atoms with E-state index in [1.807, 2.05) is 30.5 Å². The molecule has 0 spiro atoms. The smallest absolute Gasteiger partial charge is 0.230 e. The van der Waals surface area contributed by atoms with Crippen molar-refractivity contribution in [2.24, 2.45) is 0 Å². The summed E-state index contributed by atoms with van der Waals surface area (Å²) in [6.07, 6.45) is 1.60. The van der Waals surface area contributed by atoms with Gasteiger partial charge >= 0.3 is 0 Å². The summed E-state index contributed by atoms with van der Waals surface area (Å²) >= 11 is 1.40. The highest BCUT2D eigenvalue weighted by atomic mass is 32.1. The Morgan fingerprint density at radius 2 is 2.29 bits per heavy atom. The number of nitrogens with one attached hydrogen (secondary N) is 1. The Hall–Kier alpha value is -2.41. The minimum Gasteiger partial charge on any atom is -0.495 e. The van der Waals surface area contributed by atoms with Gasteiger partial charge in [-0.25, -0.2) is 4.98 Å². The summed E-state index contributed by atoms with van der Waals surface area (Å²) in [6.45, 7) is 2.66. The number of rotatable bonds is 5. The van der Waals surface area contributed by atoms with Crippen LogP contribution in [0.3, 0.4) is 0 Å². The zero-order chi connectivity index (χ0) is 17.1. The molecule has 126 valence electrons. The highest BCUT2D eigenvalue weighted by Crippen LogP contribution is 2.27. The van der Waals surface area contributed by atoms with E-state index in [-0.39, 0.29) is 18.2 Å². The Balaban J connectivity index is 1.66. The van der Waals surface area contributed by atoms with Crippen molar-refractivity contribution >= 4 is 34.0 Å². The number of nitrogens with zero attached hydrogens (tertiary/aromatic N) is 2. The molecule has 2 aromatic rings. The second-order valence-electron chi connectivity index (χ2n) is 5.70. The second kappa shape index (κ2) is 7.00. The van der Waals surface area contributed by atoms with Crippen molar-refractivity contribution in [3.8, 4) is 5.75 Å². The maximum absolute atomic E-state index is 12.3. The summed E-state index contributed by atoms with van der Waals surface area (Å²) in [4.78, 5) is 30.1. The van der Waals surface area contributed by atoms with E-state index in [4.69, 9.17) is 4.74 Å². The van der Waals surface area contributed by atoms with Gasteiger partial charge in [-0.3, -0.25) is 14.5 Å². The van der Waals surface area contributed by atoms with E-state index in [1.54, 1.807) is 12.0 Å². The number of hydrogen-bond acceptors (Lipinski definition) is 5. The maximum Gasteiger partial charge on any atom is 0.230 e. The van der Waals surface area contributed by atoms with E-state index in [2.05, 4.69) is 10.3 Å². The molecule has 1 N–H and O–H groups in total. The number of carbonyl (C=O) groups excluding carboxylic acids is 2. The Bertz CT molecular complexity index is 772. The van der Waals surface area contributed by atoms with Crippen LogP contribution < -0.4 is 15.0 Å². The molecule has 1 saturated heterocycles. The molecular formula is C17H19N3O3S. The summed E-state index contributed by atoms with van der Waals surface area (Å²) in [5.41, 5.74) is 2.35. The van der Waals surface area contributed by atoms with Crippen LogP contribution in [0.25, 0.3) is 0 Å². The molecule has 1 aromatic carbocycles. The third-order valence-electron chi connectivity index (χ3n) is 3.81. The third-order valence-corrected chi connectivity index (χ3v) is 4.73. The van der Waals surface area contributed by atoms with Crippen molar-refractivity contribution in [2.75, 3.05) is 23.9 Å². The van der Waals surface area contributed by atoms with Crippen LogP contribution >= 0.6 is 11.3 Å². The minimum atomic E-state index is -0.163. The molecule has 0 unspecified atom stereocenters. The number of aryl methyl sites for hydroxylation is 1. The number of hydrogen-bond donors (Lipinski definition) is 1. The Morgan fingerprint density at radius 3 is 3.00 bits per heavy atom. The maximum atomic E-state index is 12.3. The minimum absolute atomic E-state index is 0.102. The molecule has 1 aliphatic rings. The molecule has 7 heteroatoms. The van der Waals surface area contributed by atoms with Crippen LogP contribution in [0.2, 0.25) is 0 Å². The molecule has 1 fully saturated rings. The SMILES string of the molecule is COc1ccc(C)cc1NC(=O)Cc1csc(N2CCCC2=O)n1. The zero-order valence-corrected chi connectivity index (χ0v) is 14.5. The number of thiazole rings is 1. The van der Waals surface area contributed by atoms with Crippen LogP contribution in [0, 0.1) is 6.92 Å². The lowest BCUT2D eigenvalue weighted by Gasteiger charge is -2.11. The lowest BCUT2D eigenvalue weighted by molar-refractivity contribution is -0.117. The first-order valence-corrected chi connectivity index (χ1v) is 8.64. The van der Waals surface area contributed by atoms with Crippen molar-refractivity contribution in [1.29, 1.82) is 0 Å². The number of carbonyl (C=O) groups is 2. The molecule has 0 atom stereocenters. The fraction of sp³-hybridized carbons (Fsp3) is 0.353. The van der Waals surface area contributed by atoms with Crippen LogP contribution in [-0.4, -0.2) is 30.5 Å². The van der Waals surface area contributed by atoms with Crippen LogP contribution in [-0.2, 0) is 16.0 Å². The molecule has 0 radical (unpaired) electrons. The van der Waals surface area contributed by atoms with Gasteiger partial charge in [0.2, 0.25) is 11.8 Å². The molecule has 2 amide bonds. The number of methoxy groups -OCH3 is 1. The molecule has 0 aliphatic carbocycles. The van der Waals surface area contributed by atoms with E-state index in [9.17, 15) is 9.59 Å². The van der Waals surface area contributed by atoms with Crippen LogP contribution in [0.1, 0.15) is 24.1 Å². The van der Waals surface area contributed by atoms with Gasteiger partial charge in [-0.05, 0) is 31.0 Å². The number of aromatic nitrogens is 1. The summed E-state index contributed by atoms with van der Waals surface area (Å²) in [5.74, 6) is 0.559. The van der Waals surface area contributed by atoms with Gasteiger partial charge in [-0.15, -0.1) is 11.3 Å². The number of amides is 2. The van der Waals surface area contributed by atoms with E-state index in [0.717, 1.165) is 12.0 Å². The van der Waals surface area contributed by atoms with Gasteiger partial charge in [0.05, 0.1) is 24.9 Å². The number of anilines is 2. The summed E-state index contributed by atoms with van der Waals surface area (Å²) in [6, 6.07) is 5.62. The van der Waals surface area contributed by atoms with E-state index >= 15 is 0 Å². The quantitative estimate of drug-likeness (QED) is 0.904. The molecule has 6 nitrogen and oxygen atoms in total. The van der Waals surface area contributed by atoms with Gasteiger partial charge in [0.1, 0.15) is 5.75 Å². The standard InChI is InChI=1S/C17H19N3O3S/c1-11-5-6-14(23-2)13(8-11)19-15(21)9-12-10-24-17(18-12)20-7-3-4-16(20)22/h5-6,8,10H,3-4,7,9H2,1-2H3,(H,19,21). The van der Waals surface area contributed by atoms with Gasteiger partial charge in [0.25, 0.3) is 0 Å². The van der Waals surface area contributed by atoms with E-state index < -0.39 is 0 Å². The molecule has 24 heavy (non-hydrogen) atoms. The zero-order valence-electron chi connectivity index (χ0n) is 13.7. The van der Waals surface area contributed by atoms with Gasteiger partial charge in [0.15, 0.2) is 5.13 Å². The van der Waals surface area contributed by atoms with Crippen molar-refractivity contribution in [3.05, 3.63) is 34.8 Å². The Labute approximate surface area is 144 Å². The normalized spacial score (nSPS) is 14.1. The van der Waals surface area contributed by atoms with Gasteiger partial charge in [-0.2, -0.15) is 0 Å². The summed E-state index contributed by atoms with van der Waals surface area (Å²) in [5, 5.41) is 5.36. The van der Waals surface area contributed by atoms with E-state index in [0.29, 0.717) is 35.2 Å². The molecule has 1 aromatic heterocycles. The lowest BCUT2D eigenvalue weighted by Crippen LogP contribution is -2.23. The largest absolute Gasteiger partial charge is 0.495 e. The van der Waals surface area contributed by atoms with Crippen molar-refractivity contribution in [3.63, 3.8) is 0 Å². The fourth-order valence-electron chi connectivity index (χ4n) is 2.63. The molecular weight excluding hydrogens is 326 g/mol. The molecule has 1 aliphatic heterocycles. The highest BCUT2D eigenvalue weighted by molar-refractivity contribution is 7.14. The number of ether oxygens (including phenoxy) is 1. The van der Waals surface area contributed by atoms with Crippen molar-refractivity contribution < 1.29 is 14.3 Å².